The van der Waals surface area contributed by atoms with Gasteiger partial charge in [0.1, 0.15) is 17.1 Å². The number of carbonyl (C=O) groups is 1. The van der Waals surface area contributed by atoms with Crippen molar-refractivity contribution >= 4 is 29.5 Å². The monoisotopic (exact) mass is 358 g/mol. The quantitative estimate of drug-likeness (QED) is 0.563. The fraction of sp³-hybridized carbons (Fsp3) is 0.250. The first-order valence-electron chi connectivity index (χ1n) is 7.85. The van der Waals surface area contributed by atoms with Crippen LogP contribution in [0.2, 0.25) is 0 Å². The number of hydrogen-bond donors (Lipinski definition) is 1. The Balaban J connectivity index is 2.55. The normalized spacial score (nSPS) is 10.8. The van der Waals surface area contributed by atoms with Crippen LogP contribution in [0.1, 0.15) is 39.7 Å². The summed E-state index contributed by atoms with van der Waals surface area (Å²) in [6.07, 6.45) is 4.89. The largest absolute Gasteiger partial charge is 0.507 e. The van der Waals surface area contributed by atoms with Gasteiger partial charge < -0.3 is 14.6 Å². The first-order valence-corrected chi connectivity index (χ1v) is 8.73. The highest BCUT2D eigenvalue weighted by Gasteiger charge is 2.22. The molecule has 2 rings (SSSR count). The highest BCUT2D eigenvalue weighted by atomic mass is 32.1. The predicted octanol–water partition coefficient (Wildman–Crippen LogP) is 4.93. The number of allylic oxidation sites excluding steroid dienone is 1. The number of ether oxygens (including phenoxy) is 2. The number of phenols is 1. The Labute approximate surface area is 152 Å². The topological polar surface area (TPSA) is 55.8 Å². The molecule has 0 fully saturated rings. The van der Waals surface area contributed by atoms with Crippen molar-refractivity contribution in [3.8, 4) is 11.5 Å². The molecule has 1 heterocycles. The summed E-state index contributed by atoms with van der Waals surface area (Å²) in [7, 11) is 2.84. The molecule has 0 saturated heterocycles. The molecule has 0 aliphatic rings. The molecule has 25 heavy (non-hydrogen) atoms. The van der Waals surface area contributed by atoms with E-state index < -0.39 is 5.97 Å². The van der Waals surface area contributed by atoms with Gasteiger partial charge in [-0.25, -0.2) is 4.79 Å². The van der Waals surface area contributed by atoms with Crippen LogP contribution in [0.25, 0.3) is 12.2 Å². The van der Waals surface area contributed by atoms with Crippen LogP contribution in [-0.2, 0) is 11.2 Å². The molecular weight excluding hydrogens is 336 g/mol. The standard InChI is InChI=1S/C20H22O4S/c1-13(2)7-10-16-17(23-3)12-14(8-9-15-6-5-11-25-15)18(19(16)21)20(22)24-4/h5-6,8-9,11-12,21H,1,7,10H2,2-4H3. The Kier molecular flexibility index (Phi) is 6.42. The third-order valence-electron chi connectivity index (χ3n) is 3.78. The number of rotatable bonds is 7. The Morgan fingerprint density at radius 2 is 2.12 bits per heavy atom. The Hall–Kier alpha value is -2.53. The number of aromatic hydroxyl groups is 1. The maximum Gasteiger partial charge on any atom is 0.342 e. The second-order valence-corrected chi connectivity index (χ2v) is 6.65. The highest BCUT2D eigenvalue weighted by molar-refractivity contribution is 7.10. The molecule has 0 unspecified atom stereocenters. The Morgan fingerprint density at radius 3 is 2.68 bits per heavy atom. The lowest BCUT2D eigenvalue weighted by molar-refractivity contribution is 0.0597. The van der Waals surface area contributed by atoms with E-state index in [-0.39, 0.29) is 11.3 Å². The van der Waals surface area contributed by atoms with Crippen LogP contribution < -0.4 is 4.74 Å². The van der Waals surface area contributed by atoms with Crippen molar-refractivity contribution in [1.29, 1.82) is 0 Å². The summed E-state index contributed by atoms with van der Waals surface area (Å²) < 4.78 is 10.3. The lowest BCUT2D eigenvalue weighted by Gasteiger charge is -2.16. The number of methoxy groups -OCH3 is 2. The SMILES string of the molecule is C=C(C)CCc1c(OC)cc(C=Cc2cccs2)c(C(=O)OC)c1O. The molecule has 1 N–H and O–H groups in total. The Morgan fingerprint density at radius 1 is 1.36 bits per heavy atom. The van der Waals surface area contributed by atoms with Crippen molar-refractivity contribution in [2.45, 2.75) is 19.8 Å². The van der Waals surface area contributed by atoms with Crippen LogP contribution >= 0.6 is 11.3 Å². The van der Waals surface area contributed by atoms with E-state index in [0.717, 1.165) is 10.5 Å². The van der Waals surface area contributed by atoms with Gasteiger partial charge in [-0.05, 0) is 48.9 Å². The zero-order chi connectivity index (χ0) is 18.4. The molecule has 1 aromatic carbocycles. The molecule has 5 heteroatoms. The minimum Gasteiger partial charge on any atom is -0.507 e. The first-order chi connectivity index (χ1) is 12.0. The van der Waals surface area contributed by atoms with Crippen LogP contribution in [-0.4, -0.2) is 25.3 Å². The zero-order valence-corrected chi connectivity index (χ0v) is 15.5. The van der Waals surface area contributed by atoms with Crippen LogP contribution in [0.4, 0.5) is 0 Å². The van der Waals surface area contributed by atoms with Gasteiger partial charge >= 0.3 is 5.97 Å². The second kappa shape index (κ2) is 8.53. The summed E-state index contributed by atoms with van der Waals surface area (Å²) in [5, 5.41) is 12.7. The maximum atomic E-state index is 12.2. The molecule has 0 aliphatic carbocycles. The molecule has 4 nitrogen and oxygen atoms in total. The van der Waals surface area contributed by atoms with Crippen LogP contribution in [0.3, 0.4) is 0 Å². The number of esters is 1. The fourth-order valence-electron chi connectivity index (χ4n) is 2.47. The van der Waals surface area contributed by atoms with Crippen LogP contribution in [0, 0.1) is 0 Å². The maximum absolute atomic E-state index is 12.2. The number of phenolic OH excluding ortho intramolecular Hbond substituents is 1. The van der Waals surface area contributed by atoms with Gasteiger partial charge in [0, 0.05) is 10.4 Å². The third kappa shape index (κ3) is 4.51. The van der Waals surface area contributed by atoms with E-state index in [1.807, 2.05) is 30.5 Å². The van der Waals surface area contributed by atoms with Gasteiger partial charge in [-0.15, -0.1) is 17.9 Å². The molecule has 132 valence electrons. The lowest BCUT2D eigenvalue weighted by Crippen LogP contribution is -2.07. The van der Waals surface area contributed by atoms with Crippen LogP contribution in [0.15, 0.2) is 35.7 Å². The van der Waals surface area contributed by atoms with Gasteiger partial charge in [-0.1, -0.05) is 17.7 Å². The van der Waals surface area contributed by atoms with Crippen LogP contribution in [0.5, 0.6) is 11.5 Å². The van der Waals surface area contributed by atoms with Crippen molar-refractivity contribution in [3.05, 3.63) is 57.3 Å². The summed E-state index contributed by atoms with van der Waals surface area (Å²) in [6, 6.07) is 5.67. The second-order valence-electron chi connectivity index (χ2n) is 5.67. The number of benzene rings is 1. The highest BCUT2D eigenvalue weighted by Crippen LogP contribution is 2.37. The average Bonchev–Trinajstić information content (AvgIpc) is 3.11. The molecule has 0 amide bonds. The molecule has 1 aromatic heterocycles. The minimum absolute atomic E-state index is 0.0988. The minimum atomic E-state index is -0.581. The number of carbonyl (C=O) groups excluding carboxylic acids is 1. The summed E-state index contributed by atoms with van der Waals surface area (Å²) in [6.45, 7) is 5.80. The first kappa shape index (κ1) is 18.8. The molecule has 0 spiro atoms. The molecule has 0 saturated carbocycles. The van der Waals surface area contributed by atoms with Gasteiger partial charge in [-0.2, -0.15) is 0 Å². The number of hydrogen-bond acceptors (Lipinski definition) is 5. The van der Waals surface area contributed by atoms with Gasteiger partial charge in [0.25, 0.3) is 0 Å². The van der Waals surface area contributed by atoms with E-state index in [4.69, 9.17) is 9.47 Å². The van der Waals surface area contributed by atoms with Crippen molar-refractivity contribution in [2.75, 3.05) is 14.2 Å². The molecule has 2 aromatic rings. The van der Waals surface area contributed by atoms with E-state index in [0.29, 0.717) is 29.7 Å². The molecule has 0 aliphatic heterocycles. The van der Waals surface area contributed by atoms with Crippen molar-refractivity contribution in [1.82, 2.24) is 0 Å². The summed E-state index contributed by atoms with van der Waals surface area (Å²) >= 11 is 1.58. The van der Waals surface area contributed by atoms with E-state index >= 15 is 0 Å². The fourth-order valence-corrected chi connectivity index (χ4v) is 3.09. The zero-order valence-electron chi connectivity index (χ0n) is 14.7. The van der Waals surface area contributed by atoms with Gasteiger partial charge in [0.15, 0.2) is 0 Å². The van der Waals surface area contributed by atoms with Crippen molar-refractivity contribution in [3.63, 3.8) is 0 Å². The smallest absolute Gasteiger partial charge is 0.342 e. The lowest BCUT2D eigenvalue weighted by atomic mass is 9.96. The summed E-state index contributed by atoms with van der Waals surface area (Å²) in [4.78, 5) is 13.3. The van der Waals surface area contributed by atoms with E-state index in [9.17, 15) is 9.90 Å². The summed E-state index contributed by atoms with van der Waals surface area (Å²) in [5.41, 5.74) is 2.27. The van der Waals surface area contributed by atoms with E-state index in [1.165, 1.54) is 7.11 Å². The van der Waals surface area contributed by atoms with Crippen molar-refractivity contribution < 1.29 is 19.4 Å². The molecule has 0 atom stereocenters. The summed E-state index contributed by atoms with van der Waals surface area (Å²) in [5.74, 6) is -0.141. The van der Waals surface area contributed by atoms with E-state index in [2.05, 4.69) is 6.58 Å². The molecule has 0 radical (unpaired) electrons. The van der Waals surface area contributed by atoms with Gasteiger partial charge in [-0.3, -0.25) is 0 Å². The average molecular weight is 358 g/mol. The van der Waals surface area contributed by atoms with Gasteiger partial charge in [0.2, 0.25) is 0 Å². The third-order valence-corrected chi connectivity index (χ3v) is 4.61. The molecule has 0 bridgehead atoms. The van der Waals surface area contributed by atoms with Gasteiger partial charge in [0.05, 0.1) is 14.2 Å². The van der Waals surface area contributed by atoms with Crippen molar-refractivity contribution in [2.24, 2.45) is 0 Å². The Bertz CT molecular complexity index is 789. The number of thiophene rings is 1. The molecular formula is C20H22O4S. The predicted molar refractivity (Wildman–Crippen MR) is 102 cm³/mol. The van der Waals surface area contributed by atoms with E-state index in [1.54, 1.807) is 30.6 Å².